The summed E-state index contributed by atoms with van der Waals surface area (Å²) in [6, 6.07) is 4.82. The molecule has 0 fully saturated rings. The molecule has 2 rings (SSSR count). The van der Waals surface area contributed by atoms with Crippen LogP contribution in [-0.4, -0.2) is 15.5 Å². The zero-order chi connectivity index (χ0) is 12.3. The van der Waals surface area contributed by atoms with E-state index in [0.717, 1.165) is 5.56 Å². The highest BCUT2D eigenvalue weighted by Gasteiger charge is 2.06. The van der Waals surface area contributed by atoms with Crippen LogP contribution in [0.1, 0.15) is 15.9 Å². The van der Waals surface area contributed by atoms with Gasteiger partial charge in [0.2, 0.25) is 0 Å². The molecule has 2 aromatic heterocycles. The van der Waals surface area contributed by atoms with Crippen LogP contribution in [0.5, 0.6) is 0 Å². The second-order valence-electron chi connectivity index (χ2n) is 3.77. The lowest BCUT2D eigenvalue weighted by Crippen LogP contribution is -2.25. The Labute approximate surface area is 98.1 Å². The predicted octanol–water partition coefficient (Wildman–Crippen LogP) is 0.643. The molecule has 0 bridgehead atoms. The zero-order valence-electron chi connectivity index (χ0n) is 9.43. The third kappa shape index (κ3) is 2.63. The van der Waals surface area contributed by atoms with E-state index in [1.807, 2.05) is 12.3 Å². The maximum Gasteiger partial charge on any atom is 0.251 e. The van der Waals surface area contributed by atoms with Gasteiger partial charge in [-0.3, -0.25) is 9.59 Å². The van der Waals surface area contributed by atoms with Crippen molar-refractivity contribution in [2.45, 2.75) is 6.54 Å². The first-order valence-corrected chi connectivity index (χ1v) is 5.23. The molecule has 5 heteroatoms. The van der Waals surface area contributed by atoms with Crippen molar-refractivity contribution in [3.63, 3.8) is 0 Å². The topological polar surface area (TPSA) is 66.9 Å². The van der Waals surface area contributed by atoms with E-state index in [2.05, 4.69) is 10.3 Å². The number of nitrogens with zero attached hydrogens (tertiary/aromatic N) is 1. The van der Waals surface area contributed by atoms with Gasteiger partial charge in [-0.05, 0) is 17.7 Å². The SMILES string of the molecule is Cn1ccc(C(=O)NCc2cc[nH]c2)cc1=O. The standard InChI is InChI=1S/C12H13N3O2/c1-15-5-3-10(6-11(15)16)12(17)14-8-9-2-4-13-7-9/h2-7,13H,8H2,1H3,(H,14,17). The molecule has 0 aliphatic heterocycles. The summed E-state index contributed by atoms with van der Waals surface area (Å²) in [5.41, 5.74) is 1.17. The minimum absolute atomic E-state index is 0.195. The van der Waals surface area contributed by atoms with Gasteiger partial charge in [-0.2, -0.15) is 0 Å². The molecule has 0 atom stereocenters. The molecule has 0 aliphatic rings. The number of aromatic nitrogens is 2. The molecule has 2 N–H and O–H groups in total. The Hall–Kier alpha value is -2.30. The lowest BCUT2D eigenvalue weighted by Gasteiger charge is -2.04. The van der Waals surface area contributed by atoms with Crippen LogP contribution in [0.4, 0.5) is 0 Å². The monoisotopic (exact) mass is 231 g/mol. The third-order valence-corrected chi connectivity index (χ3v) is 2.48. The van der Waals surface area contributed by atoms with Gasteiger partial charge in [-0.25, -0.2) is 0 Å². The molecule has 17 heavy (non-hydrogen) atoms. The largest absolute Gasteiger partial charge is 0.367 e. The number of carbonyl (C=O) groups excluding carboxylic acids is 1. The summed E-state index contributed by atoms with van der Waals surface area (Å²) < 4.78 is 1.42. The van der Waals surface area contributed by atoms with Crippen LogP contribution >= 0.6 is 0 Å². The van der Waals surface area contributed by atoms with Gasteiger partial charge < -0.3 is 14.9 Å². The summed E-state index contributed by atoms with van der Waals surface area (Å²) in [5.74, 6) is -0.246. The normalized spacial score (nSPS) is 10.2. The Morgan fingerprint density at radius 3 is 2.94 bits per heavy atom. The minimum Gasteiger partial charge on any atom is -0.367 e. The van der Waals surface area contributed by atoms with Crippen molar-refractivity contribution in [1.29, 1.82) is 0 Å². The number of aryl methyl sites for hydroxylation is 1. The van der Waals surface area contributed by atoms with Gasteiger partial charge in [0.1, 0.15) is 0 Å². The summed E-state index contributed by atoms with van der Waals surface area (Å²) in [6.45, 7) is 0.442. The molecule has 0 saturated carbocycles. The van der Waals surface area contributed by atoms with E-state index in [4.69, 9.17) is 0 Å². The lowest BCUT2D eigenvalue weighted by atomic mass is 10.2. The molecule has 0 radical (unpaired) electrons. The van der Waals surface area contributed by atoms with Crippen molar-refractivity contribution in [1.82, 2.24) is 14.9 Å². The molecule has 5 nitrogen and oxygen atoms in total. The van der Waals surface area contributed by atoms with Crippen molar-refractivity contribution in [3.05, 3.63) is 58.3 Å². The summed E-state index contributed by atoms with van der Waals surface area (Å²) in [6.07, 6.45) is 5.18. The van der Waals surface area contributed by atoms with E-state index >= 15 is 0 Å². The molecule has 2 heterocycles. The van der Waals surface area contributed by atoms with E-state index in [1.165, 1.54) is 10.6 Å². The highest BCUT2D eigenvalue weighted by atomic mass is 16.2. The maximum atomic E-state index is 11.7. The predicted molar refractivity (Wildman–Crippen MR) is 63.6 cm³/mol. The number of rotatable bonds is 3. The van der Waals surface area contributed by atoms with E-state index in [-0.39, 0.29) is 11.5 Å². The Morgan fingerprint density at radius 2 is 2.29 bits per heavy atom. The van der Waals surface area contributed by atoms with Crippen LogP contribution in [0.15, 0.2) is 41.6 Å². The zero-order valence-corrected chi connectivity index (χ0v) is 9.43. The second-order valence-corrected chi connectivity index (χ2v) is 3.77. The molecule has 0 unspecified atom stereocenters. The van der Waals surface area contributed by atoms with Gasteiger partial charge in [0.15, 0.2) is 0 Å². The number of amides is 1. The molecule has 2 aromatic rings. The summed E-state index contributed by atoms with van der Waals surface area (Å²) in [5, 5.41) is 2.74. The maximum absolute atomic E-state index is 11.7. The van der Waals surface area contributed by atoms with Crippen LogP contribution in [-0.2, 0) is 13.6 Å². The van der Waals surface area contributed by atoms with Crippen molar-refractivity contribution in [3.8, 4) is 0 Å². The van der Waals surface area contributed by atoms with Gasteiger partial charge in [-0.15, -0.1) is 0 Å². The lowest BCUT2D eigenvalue weighted by molar-refractivity contribution is 0.0950. The average molecular weight is 231 g/mol. The van der Waals surface area contributed by atoms with Gasteiger partial charge in [0.05, 0.1) is 0 Å². The first-order valence-electron chi connectivity index (χ1n) is 5.23. The first-order chi connectivity index (χ1) is 8.16. The van der Waals surface area contributed by atoms with Crippen LogP contribution in [0.25, 0.3) is 0 Å². The second kappa shape index (κ2) is 4.69. The Kier molecular flexibility index (Phi) is 3.09. The number of hydrogen-bond donors (Lipinski definition) is 2. The minimum atomic E-state index is -0.246. The molecule has 0 saturated heterocycles. The number of H-pyrrole nitrogens is 1. The van der Waals surface area contributed by atoms with Gasteiger partial charge in [-0.1, -0.05) is 0 Å². The van der Waals surface area contributed by atoms with Gasteiger partial charge in [0, 0.05) is 43.8 Å². The Morgan fingerprint density at radius 1 is 1.47 bits per heavy atom. The fraction of sp³-hybridized carbons (Fsp3) is 0.167. The third-order valence-electron chi connectivity index (χ3n) is 2.48. The smallest absolute Gasteiger partial charge is 0.251 e. The fourth-order valence-electron chi connectivity index (χ4n) is 1.44. The van der Waals surface area contributed by atoms with Crippen LogP contribution in [0, 0.1) is 0 Å². The number of nitrogens with one attached hydrogen (secondary N) is 2. The summed E-state index contributed by atoms with van der Waals surface area (Å²) in [4.78, 5) is 26.0. The molecule has 0 aromatic carbocycles. The highest BCUT2D eigenvalue weighted by molar-refractivity contribution is 5.93. The van der Waals surface area contributed by atoms with Crippen LogP contribution in [0.3, 0.4) is 0 Å². The molecular formula is C12H13N3O2. The van der Waals surface area contributed by atoms with E-state index < -0.39 is 0 Å². The van der Waals surface area contributed by atoms with E-state index in [1.54, 1.807) is 25.5 Å². The summed E-state index contributed by atoms with van der Waals surface area (Å²) >= 11 is 0. The van der Waals surface area contributed by atoms with Gasteiger partial charge >= 0.3 is 0 Å². The van der Waals surface area contributed by atoms with Crippen LogP contribution < -0.4 is 10.9 Å². The molecular weight excluding hydrogens is 218 g/mol. The first kappa shape index (κ1) is 11.2. The number of pyridine rings is 1. The Bertz CT molecular complexity index is 570. The van der Waals surface area contributed by atoms with E-state index in [9.17, 15) is 9.59 Å². The number of hydrogen-bond acceptors (Lipinski definition) is 2. The Balaban J connectivity index is 2.04. The van der Waals surface area contributed by atoms with Crippen LogP contribution in [0.2, 0.25) is 0 Å². The average Bonchev–Trinajstić information content (AvgIpc) is 2.82. The number of aromatic amines is 1. The fourth-order valence-corrected chi connectivity index (χ4v) is 1.44. The quantitative estimate of drug-likeness (QED) is 0.814. The molecule has 0 aliphatic carbocycles. The van der Waals surface area contributed by atoms with Crippen molar-refractivity contribution in [2.75, 3.05) is 0 Å². The van der Waals surface area contributed by atoms with Crippen molar-refractivity contribution >= 4 is 5.91 Å². The molecule has 1 amide bonds. The van der Waals surface area contributed by atoms with Gasteiger partial charge in [0.25, 0.3) is 11.5 Å². The van der Waals surface area contributed by atoms with Crippen molar-refractivity contribution in [2.24, 2.45) is 7.05 Å². The highest BCUT2D eigenvalue weighted by Crippen LogP contribution is 1.98. The molecule has 88 valence electrons. The summed E-state index contributed by atoms with van der Waals surface area (Å²) in [7, 11) is 1.64. The van der Waals surface area contributed by atoms with E-state index in [0.29, 0.717) is 12.1 Å². The number of carbonyl (C=O) groups is 1. The molecule has 0 spiro atoms. The van der Waals surface area contributed by atoms with Crippen molar-refractivity contribution < 1.29 is 4.79 Å².